The third-order valence-corrected chi connectivity index (χ3v) is 2.24. The average molecular weight is 145 g/mol. The molecule has 9 heavy (non-hydrogen) atoms. The van der Waals surface area contributed by atoms with Gasteiger partial charge in [0.05, 0.1) is 11.0 Å². The molecule has 2 amide bonds. The summed E-state index contributed by atoms with van der Waals surface area (Å²) in [4.78, 5) is 21.1. The van der Waals surface area contributed by atoms with Crippen molar-refractivity contribution in [3.05, 3.63) is 0 Å². The first-order valence-corrected chi connectivity index (χ1v) is 3.70. The van der Waals surface area contributed by atoms with Gasteiger partial charge in [-0.2, -0.15) is 0 Å². The summed E-state index contributed by atoms with van der Waals surface area (Å²) in [5.74, 6) is 0.0618. The zero-order valence-electron chi connectivity index (χ0n) is 5.01. The van der Waals surface area contributed by atoms with Crippen LogP contribution >= 0.6 is 11.8 Å². The first-order chi connectivity index (χ1) is 4.20. The Bertz CT molecular complexity index is 157. The maximum atomic E-state index is 10.7. The van der Waals surface area contributed by atoms with E-state index >= 15 is 0 Å². The summed E-state index contributed by atoms with van der Waals surface area (Å²) in [5.41, 5.74) is 0. The molecule has 1 fully saturated rings. The lowest BCUT2D eigenvalue weighted by Gasteiger charge is -2.15. The molecule has 1 heterocycles. The zero-order chi connectivity index (χ0) is 6.85. The summed E-state index contributed by atoms with van der Waals surface area (Å²) in [5, 5.41) is 2.16. The Morgan fingerprint density at radius 2 is 2.33 bits per heavy atom. The molecule has 0 saturated carbocycles. The predicted molar refractivity (Wildman–Crippen MR) is 35.1 cm³/mol. The molecular weight excluding hydrogens is 138 g/mol. The van der Waals surface area contributed by atoms with Gasteiger partial charge < -0.3 is 0 Å². The van der Waals surface area contributed by atoms with Crippen LogP contribution < -0.4 is 5.32 Å². The first kappa shape index (κ1) is 6.61. The highest BCUT2D eigenvalue weighted by Crippen LogP contribution is 2.13. The normalized spacial score (nSPS) is 27.9. The van der Waals surface area contributed by atoms with Crippen LogP contribution in [0.4, 0.5) is 0 Å². The van der Waals surface area contributed by atoms with E-state index in [9.17, 15) is 9.59 Å². The van der Waals surface area contributed by atoms with Crippen LogP contribution in [0.15, 0.2) is 0 Å². The number of thioether (sulfide) groups is 1. The van der Waals surface area contributed by atoms with Gasteiger partial charge in [0.25, 0.3) is 0 Å². The average Bonchev–Trinajstić information content (AvgIpc) is 1.80. The molecule has 0 aliphatic carbocycles. The Kier molecular flexibility index (Phi) is 1.75. The van der Waals surface area contributed by atoms with E-state index in [1.165, 1.54) is 11.8 Å². The van der Waals surface area contributed by atoms with E-state index in [0.717, 1.165) is 0 Å². The van der Waals surface area contributed by atoms with Crippen molar-refractivity contribution in [1.82, 2.24) is 5.32 Å². The van der Waals surface area contributed by atoms with Crippen LogP contribution in [-0.4, -0.2) is 22.8 Å². The van der Waals surface area contributed by atoms with Crippen molar-refractivity contribution >= 4 is 23.6 Å². The molecule has 0 aromatic carbocycles. The lowest BCUT2D eigenvalue weighted by molar-refractivity contribution is -0.129. The number of hydrogen-bond donors (Lipinski definition) is 1. The Balaban J connectivity index is 2.54. The van der Waals surface area contributed by atoms with Gasteiger partial charge in [0.1, 0.15) is 0 Å². The molecule has 1 saturated heterocycles. The molecule has 0 aromatic rings. The summed E-state index contributed by atoms with van der Waals surface area (Å²) in [7, 11) is 0. The number of nitrogens with one attached hydrogen (secondary N) is 1. The fourth-order valence-electron chi connectivity index (χ4n) is 0.552. The fourth-order valence-corrected chi connectivity index (χ4v) is 1.24. The van der Waals surface area contributed by atoms with Crippen LogP contribution in [0, 0.1) is 0 Å². The molecule has 0 unspecified atom stereocenters. The van der Waals surface area contributed by atoms with Crippen molar-refractivity contribution in [2.24, 2.45) is 0 Å². The van der Waals surface area contributed by atoms with Gasteiger partial charge in [-0.25, -0.2) is 0 Å². The molecule has 0 radical (unpaired) electrons. The fraction of sp³-hybridized carbons (Fsp3) is 0.600. The van der Waals surface area contributed by atoms with Crippen LogP contribution in [0.5, 0.6) is 0 Å². The second kappa shape index (κ2) is 2.39. The minimum Gasteiger partial charge on any atom is -0.295 e. The molecule has 1 rings (SSSR count). The van der Waals surface area contributed by atoms with Crippen molar-refractivity contribution in [3.63, 3.8) is 0 Å². The van der Waals surface area contributed by atoms with E-state index in [1.54, 1.807) is 6.92 Å². The maximum absolute atomic E-state index is 10.7. The standard InChI is InChI=1S/C5H7NO2S/c1-3-5(8)6-4(7)2-9-3/h3H,2H2,1H3,(H,6,7,8)/t3-/m0/s1. The van der Waals surface area contributed by atoms with Gasteiger partial charge in [-0.1, -0.05) is 0 Å². The smallest absolute Gasteiger partial charge is 0.239 e. The van der Waals surface area contributed by atoms with Gasteiger partial charge in [0.2, 0.25) is 11.8 Å². The highest BCUT2D eigenvalue weighted by atomic mass is 32.2. The molecule has 1 atom stereocenters. The summed E-state index contributed by atoms with van der Waals surface area (Å²) >= 11 is 1.37. The maximum Gasteiger partial charge on any atom is 0.239 e. The SMILES string of the molecule is C[C@@H]1SCC(=O)NC1=O. The van der Waals surface area contributed by atoms with Crippen molar-refractivity contribution in [2.75, 3.05) is 5.75 Å². The topological polar surface area (TPSA) is 46.2 Å². The lowest BCUT2D eigenvalue weighted by atomic mass is 10.4. The van der Waals surface area contributed by atoms with Gasteiger partial charge in [-0.05, 0) is 6.92 Å². The Labute approximate surface area is 57.2 Å². The lowest BCUT2D eigenvalue weighted by Crippen LogP contribution is -2.42. The van der Waals surface area contributed by atoms with Gasteiger partial charge in [-0.15, -0.1) is 11.8 Å². The highest BCUT2D eigenvalue weighted by molar-refractivity contribution is 8.01. The Morgan fingerprint density at radius 3 is 2.78 bits per heavy atom. The molecule has 0 aromatic heterocycles. The van der Waals surface area contributed by atoms with E-state index in [4.69, 9.17) is 0 Å². The third kappa shape index (κ3) is 1.45. The van der Waals surface area contributed by atoms with Crippen molar-refractivity contribution < 1.29 is 9.59 Å². The van der Waals surface area contributed by atoms with Crippen molar-refractivity contribution in [1.29, 1.82) is 0 Å². The van der Waals surface area contributed by atoms with Crippen LogP contribution in [0.2, 0.25) is 0 Å². The summed E-state index contributed by atoms with van der Waals surface area (Å²) in [6.07, 6.45) is 0. The number of carbonyl (C=O) groups excluding carboxylic acids is 2. The van der Waals surface area contributed by atoms with Gasteiger partial charge in [-0.3, -0.25) is 14.9 Å². The van der Waals surface area contributed by atoms with Crippen molar-refractivity contribution in [3.8, 4) is 0 Å². The molecule has 3 nitrogen and oxygen atoms in total. The van der Waals surface area contributed by atoms with Crippen LogP contribution in [-0.2, 0) is 9.59 Å². The van der Waals surface area contributed by atoms with Gasteiger partial charge in [0.15, 0.2) is 0 Å². The largest absolute Gasteiger partial charge is 0.295 e. The first-order valence-electron chi connectivity index (χ1n) is 2.65. The molecule has 1 N–H and O–H groups in total. The van der Waals surface area contributed by atoms with Crippen molar-refractivity contribution in [2.45, 2.75) is 12.2 Å². The van der Waals surface area contributed by atoms with E-state index < -0.39 is 0 Å². The monoisotopic (exact) mass is 145 g/mol. The summed E-state index contributed by atoms with van der Waals surface area (Å²) in [6.45, 7) is 1.78. The molecule has 50 valence electrons. The number of hydrogen-bond acceptors (Lipinski definition) is 3. The van der Waals surface area contributed by atoms with Crippen LogP contribution in [0.1, 0.15) is 6.92 Å². The molecule has 1 aliphatic heterocycles. The molecular formula is C5H7NO2S. The quantitative estimate of drug-likeness (QED) is 0.479. The number of rotatable bonds is 0. The number of carbonyl (C=O) groups is 2. The van der Waals surface area contributed by atoms with E-state index in [-0.39, 0.29) is 17.1 Å². The molecule has 0 spiro atoms. The van der Waals surface area contributed by atoms with E-state index in [0.29, 0.717) is 5.75 Å². The highest BCUT2D eigenvalue weighted by Gasteiger charge is 2.22. The molecule has 0 bridgehead atoms. The van der Waals surface area contributed by atoms with Crippen LogP contribution in [0.25, 0.3) is 0 Å². The minimum absolute atomic E-state index is 0.0669. The van der Waals surface area contributed by atoms with Gasteiger partial charge >= 0.3 is 0 Å². The number of amides is 2. The minimum atomic E-state index is -0.178. The molecule has 4 heteroatoms. The summed E-state index contributed by atoms with van der Waals surface area (Å²) < 4.78 is 0. The van der Waals surface area contributed by atoms with Gasteiger partial charge in [0, 0.05) is 0 Å². The zero-order valence-corrected chi connectivity index (χ0v) is 5.83. The number of imide groups is 1. The predicted octanol–water partition coefficient (Wildman–Crippen LogP) is -0.236. The third-order valence-electron chi connectivity index (χ3n) is 1.10. The summed E-state index contributed by atoms with van der Waals surface area (Å²) in [6, 6.07) is 0. The molecule has 1 aliphatic rings. The Hall–Kier alpha value is -0.510. The Morgan fingerprint density at radius 1 is 1.67 bits per heavy atom. The second-order valence-corrected chi connectivity index (χ2v) is 3.19. The van der Waals surface area contributed by atoms with E-state index in [1.807, 2.05) is 0 Å². The second-order valence-electron chi connectivity index (χ2n) is 1.87. The van der Waals surface area contributed by atoms with E-state index in [2.05, 4.69) is 5.32 Å². The van der Waals surface area contributed by atoms with Crippen LogP contribution in [0.3, 0.4) is 0 Å².